The normalized spacial score (nSPS) is 18.1. The van der Waals surface area contributed by atoms with Crippen LogP contribution in [0.15, 0.2) is 36.4 Å². The second kappa shape index (κ2) is 13.6. The molecule has 1 saturated heterocycles. The number of rotatable bonds is 9. The number of nitrogens with one attached hydrogen (secondary N) is 2. The highest BCUT2D eigenvalue weighted by Gasteiger charge is 2.34. The third kappa shape index (κ3) is 8.40. The third-order valence-electron chi connectivity index (χ3n) is 7.53. The first-order chi connectivity index (χ1) is 20.6. The van der Waals surface area contributed by atoms with E-state index in [-0.39, 0.29) is 46.8 Å². The van der Waals surface area contributed by atoms with Crippen LogP contribution in [0.25, 0.3) is 10.1 Å². The van der Waals surface area contributed by atoms with Gasteiger partial charge in [0.05, 0.1) is 40.0 Å². The minimum Gasteiger partial charge on any atom is -0.404 e. The quantitative estimate of drug-likeness (QED) is 0.139. The van der Waals surface area contributed by atoms with Gasteiger partial charge in [-0.15, -0.1) is 24.5 Å². The van der Waals surface area contributed by atoms with Crippen LogP contribution in [-0.4, -0.2) is 68.7 Å². The van der Waals surface area contributed by atoms with Gasteiger partial charge in [-0.25, -0.2) is 4.39 Å². The molecule has 1 fully saturated rings. The topological polar surface area (TPSA) is 53.6 Å². The molecule has 2 atom stereocenters. The average Bonchev–Trinajstić information content (AvgIpc) is 3.28. The lowest BCUT2D eigenvalue weighted by Gasteiger charge is -2.33. The van der Waals surface area contributed by atoms with Crippen molar-refractivity contribution in [2.24, 2.45) is 0 Å². The molecule has 4 rings (SSSR count). The van der Waals surface area contributed by atoms with Crippen molar-refractivity contribution in [3.63, 3.8) is 0 Å². The Morgan fingerprint density at radius 2 is 1.82 bits per heavy atom. The number of hydrogen-bond acceptors (Lipinski definition) is 6. The molecule has 0 amide bonds. The lowest BCUT2D eigenvalue weighted by molar-refractivity contribution is -0.274. The minimum absolute atomic E-state index is 0.0193. The largest absolute Gasteiger partial charge is 0.573 e. The van der Waals surface area contributed by atoms with Gasteiger partial charge < -0.3 is 24.8 Å². The van der Waals surface area contributed by atoms with Crippen LogP contribution in [0.5, 0.6) is 5.75 Å². The third-order valence-corrected chi connectivity index (χ3v) is 12.0. The minimum atomic E-state index is -5.01. The van der Waals surface area contributed by atoms with Crippen molar-refractivity contribution in [1.29, 1.82) is 0 Å². The molecule has 240 valence electrons. The number of anilines is 2. The summed E-state index contributed by atoms with van der Waals surface area (Å²) in [6.07, 6.45) is -10.8. The molecule has 0 saturated carbocycles. The molecule has 1 aliphatic rings. The molecule has 14 heteroatoms. The predicted octanol–water partition coefficient (Wildman–Crippen LogP) is 7.85. The fourth-order valence-corrected chi connectivity index (χ4v) is 8.20. The molecule has 44 heavy (non-hydrogen) atoms. The van der Waals surface area contributed by atoms with Crippen molar-refractivity contribution in [3.05, 3.63) is 46.8 Å². The van der Waals surface area contributed by atoms with Gasteiger partial charge in [0.15, 0.2) is 5.75 Å². The van der Waals surface area contributed by atoms with Crippen LogP contribution in [0.2, 0.25) is 0 Å². The van der Waals surface area contributed by atoms with Gasteiger partial charge in [-0.2, -0.15) is 13.2 Å². The van der Waals surface area contributed by atoms with E-state index in [0.717, 1.165) is 17.4 Å². The fourth-order valence-electron chi connectivity index (χ4n) is 5.15. The summed E-state index contributed by atoms with van der Waals surface area (Å²) in [6, 6.07) is 8.28. The summed E-state index contributed by atoms with van der Waals surface area (Å²) < 4.78 is 113. The Bertz CT molecular complexity index is 1570. The second-order valence-electron chi connectivity index (χ2n) is 10.6. The van der Waals surface area contributed by atoms with Crippen molar-refractivity contribution in [3.8, 4) is 17.6 Å². The van der Waals surface area contributed by atoms with Crippen LogP contribution in [0, 0.1) is 11.8 Å². The van der Waals surface area contributed by atoms with E-state index in [0.29, 0.717) is 28.7 Å². The highest BCUT2D eigenvalue weighted by Crippen LogP contribution is 2.45. The van der Waals surface area contributed by atoms with Gasteiger partial charge in [0.25, 0.3) is 0 Å². The van der Waals surface area contributed by atoms with Crippen LogP contribution >= 0.6 is 18.5 Å². The van der Waals surface area contributed by atoms with Crippen LogP contribution in [0.3, 0.4) is 0 Å². The Labute approximate surface area is 255 Å². The van der Waals surface area contributed by atoms with Crippen LogP contribution in [-0.2, 0) is 11.0 Å². The first-order valence-electron chi connectivity index (χ1n) is 14.0. The maximum absolute atomic E-state index is 14.7. The van der Waals surface area contributed by atoms with Gasteiger partial charge in [0.2, 0.25) is 0 Å². The highest BCUT2D eigenvalue weighted by atomic mass is 32.1. The zero-order chi connectivity index (χ0) is 32.3. The molecule has 1 aliphatic heterocycles. The smallest absolute Gasteiger partial charge is 0.404 e. The summed E-state index contributed by atoms with van der Waals surface area (Å²) in [5, 5.41) is 6.51. The van der Waals surface area contributed by atoms with Gasteiger partial charge in [0.1, 0.15) is 13.3 Å². The predicted molar refractivity (Wildman–Crippen MR) is 163 cm³/mol. The molecule has 2 aromatic carbocycles. The number of fused-ring (bicyclic) bond motifs is 1. The number of alkyl halides is 7. The molecule has 0 bridgehead atoms. The first kappa shape index (κ1) is 33.9. The number of hydrogen-bond donors (Lipinski definition) is 2. The summed E-state index contributed by atoms with van der Waals surface area (Å²) in [6.45, 7) is 4.11. The molecule has 2 N–H and O–H groups in total. The van der Waals surface area contributed by atoms with Crippen molar-refractivity contribution in [1.82, 2.24) is 4.90 Å². The van der Waals surface area contributed by atoms with Crippen LogP contribution < -0.4 is 20.7 Å². The molecule has 3 aromatic rings. The second-order valence-corrected chi connectivity index (χ2v) is 15.2. The maximum atomic E-state index is 14.7. The summed E-state index contributed by atoms with van der Waals surface area (Å²) in [5.41, 5.74) is 0.440. The van der Waals surface area contributed by atoms with Crippen molar-refractivity contribution in [2.75, 3.05) is 49.6 Å². The average molecular weight is 664 g/mol. The van der Waals surface area contributed by atoms with Crippen molar-refractivity contribution >= 4 is 45.2 Å². The van der Waals surface area contributed by atoms with E-state index in [1.54, 1.807) is 32.0 Å². The molecule has 1 aromatic heterocycles. The SMILES string of the molecule is CCP(=O)(CC)c1ccc(NCC#Cc2sc3c(N[C@H]4CCN(C)C[C@@H]4F)cccc3c2CC(F)(F)F)c(OC(F)(F)F)c1. The number of nitrogens with zero attached hydrogens (tertiary/aromatic N) is 1. The van der Waals surface area contributed by atoms with Gasteiger partial charge in [-0.1, -0.05) is 37.8 Å². The lowest BCUT2D eigenvalue weighted by Crippen LogP contribution is -2.46. The number of benzene rings is 2. The number of piperidine rings is 1. The number of likely N-dealkylation sites (tertiary alicyclic amines) is 1. The molecule has 0 radical (unpaired) electrons. The van der Waals surface area contributed by atoms with Crippen LogP contribution in [0.4, 0.5) is 42.1 Å². The standard InChI is InChI=1S/C30H33F7N3O2PS/c1-4-43(41,5-2)19-11-12-24(26(16-19)42-30(35,36)37)38-14-7-10-27-21(17-29(32,33)34)20-8-6-9-25(28(20)44-27)39-23-13-15-40(3)18-22(23)31/h6,8-9,11-12,16,22-23,38-39H,4-5,13-15,17-18H2,1-3H3/t22-,23-/m0/s1. The molecule has 0 spiro atoms. The first-order valence-corrected chi connectivity index (χ1v) is 16.9. The molecule has 0 unspecified atom stereocenters. The fraction of sp³-hybridized carbons (Fsp3) is 0.467. The summed E-state index contributed by atoms with van der Waals surface area (Å²) in [4.78, 5) is 2.03. The highest BCUT2D eigenvalue weighted by molar-refractivity contribution is 7.71. The molecule has 0 aliphatic carbocycles. The monoisotopic (exact) mass is 663 g/mol. The Morgan fingerprint density at radius 3 is 2.45 bits per heavy atom. The molecular weight excluding hydrogens is 630 g/mol. The molecule has 2 heterocycles. The van der Waals surface area contributed by atoms with Gasteiger partial charge >= 0.3 is 12.5 Å². The van der Waals surface area contributed by atoms with E-state index in [4.69, 9.17) is 0 Å². The zero-order valence-corrected chi connectivity index (χ0v) is 26.0. The molecule has 5 nitrogen and oxygen atoms in total. The van der Waals surface area contributed by atoms with E-state index >= 15 is 0 Å². The Hall–Kier alpha value is -2.94. The number of ether oxygens (including phenoxy) is 1. The summed E-state index contributed by atoms with van der Waals surface area (Å²) in [7, 11) is -1.08. The summed E-state index contributed by atoms with van der Waals surface area (Å²) >= 11 is 1.05. The van der Waals surface area contributed by atoms with Gasteiger partial charge in [-0.05, 0) is 48.7 Å². The van der Waals surface area contributed by atoms with Gasteiger partial charge in [0, 0.05) is 30.7 Å². The number of halogens is 7. The molecular formula is C30H33F7N3O2PS. The zero-order valence-electron chi connectivity index (χ0n) is 24.3. The Balaban J connectivity index is 1.63. The van der Waals surface area contributed by atoms with Crippen LogP contribution in [0.1, 0.15) is 30.7 Å². The van der Waals surface area contributed by atoms with E-state index < -0.39 is 44.1 Å². The van der Waals surface area contributed by atoms with E-state index in [1.807, 2.05) is 11.9 Å². The summed E-state index contributed by atoms with van der Waals surface area (Å²) in [5.74, 6) is 4.89. The van der Waals surface area contributed by atoms with Crippen molar-refractivity contribution < 1.29 is 40.0 Å². The number of thiophene rings is 1. The van der Waals surface area contributed by atoms with E-state index in [2.05, 4.69) is 27.2 Å². The van der Waals surface area contributed by atoms with Crippen molar-refractivity contribution in [2.45, 2.75) is 51.4 Å². The maximum Gasteiger partial charge on any atom is 0.573 e. The van der Waals surface area contributed by atoms with Gasteiger partial charge in [-0.3, -0.25) is 0 Å². The lowest BCUT2D eigenvalue weighted by atomic mass is 10.0. The van der Waals surface area contributed by atoms with E-state index in [9.17, 15) is 35.3 Å². The van der Waals surface area contributed by atoms with E-state index in [1.165, 1.54) is 12.1 Å². The Morgan fingerprint density at radius 1 is 1.09 bits per heavy atom. The Kier molecular flexibility index (Phi) is 10.5.